The Morgan fingerprint density at radius 2 is 2.25 bits per heavy atom. The van der Waals surface area contributed by atoms with Crippen molar-refractivity contribution >= 4 is 53.7 Å². The first-order chi connectivity index (χ1) is 7.49. The van der Waals surface area contributed by atoms with Gasteiger partial charge in [0.05, 0.1) is 4.47 Å². The molecular formula is C9H10Br3N3O. The zero-order valence-corrected chi connectivity index (χ0v) is 13.3. The van der Waals surface area contributed by atoms with Crippen LogP contribution in [0.25, 0.3) is 0 Å². The third-order valence-corrected chi connectivity index (χ3v) is 5.06. The SMILES string of the molecule is C=CCNC(=O)C(C)n1nc(Br)c(Br)c1Br. The van der Waals surface area contributed by atoms with Gasteiger partial charge in [0.15, 0.2) is 0 Å². The quantitative estimate of drug-likeness (QED) is 0.768. The summed E-state index contributed by atoms with van der Waals surface area (Å²) in [6.07, 6.45) is 1.63. The van der Waals surface area contributed by atoms with Crippen LogP contribution in [0.5, 0.6) is 0 Å². The summed E-state index contributed by atoms with van der Waals surface area (Å²) in [5, 5.41) is 6.91. The number of nitrogens with one attached hydrogen (secondary N) is 1. The van der Waals surface area contributed by atoms with Crippen molar-refractivity contribution in [1.82, 2.24) is 15.1 Å². The molecule has 0 saturated carbocycles. The highest BCUT2D eigenvalue weighted by atomic mass is 79.9. The van der Waals surface area contributed by atoms with Crippen LogP contribution in [0.4, 0.5) is 0 Å². The van der Waals surface area contributed by atoms with Crippen molar-refractivity contribution in [3.8, 4) is 0 Å². The number of carbonyl (C=O) groups is 1. The summed E-state index contributed by atoms with van der Waals surface area (Å²) in [7, 11) is 0. The number of nitrogens with zero attached hydrogens (tertiary/aromatic N) is 2. The van der Waals surface area contributed by atoms with E-state index >= 15 is 0 Å². The van der Waals surface area contributed by atoms with Gasteiger partial charge in [-0.15, -0.1) is 6.58 Å². The Labute approximate surface area is 119 Å². The van der Waals surface area contributed by atoms with Gasteiger partial charge in [-0.2, -0.15) is 5.10 Å². The molecule has 0 aliphatic carbocycles. The number of aromatic nitrogens is 2. The molecule has 1 heterocycles. The van der Waals surface area contributed by atoms with Crippen molar-refractivity contribution in [1.29, 1.82) is 0 Å². The predicted octanol–water partition coefficient (Wildman–Crippen LogP) is 3.03. The van der Waals surface area contributed by atoms with Crippen molar-refractivity contribution < 1.29 is 4.79 Å². The minimum absolute atomic E-state index is 0.108. The summed E-state index contributed by atoms with van der Waals surface area (Å²) in [5.41, 5.74) is 0. The molecule has 88 valence electrons. The number of carbonyl (C=O) groups excluding carboxylic acids is 1. The number of hydrogen-bond donors (Lipinski definition) is 1. The molecule has 0 fully saturated rings. The second kappa shape index (κ2) is 5.97. The van der Waals surface area contributed by atoms with Crippen LogP contribution in [0.3, 0.4) is 0 Å². The van der Waals surface area contributed by atoms with Gasteiger partial charge < -0.3 is 5.32 Å². The van der Waals surface area contributed by atoms with Gasteiger partial charge in [-0.3, -0.25) is 4.79 Å². The van der Waals surface area contributed by atoms with Gasteiger partial charge in [-0.1, -0.05) is 6.08 Å². The Balaban J connectivity index is 2.87. The van der Waals surface area contributed by atoms with Crippen LogP contribution in [0, 0.1) is 0 Å². The van der Waals surface area contributed by atoms with Crippen molar-refractivity contribution in [3.05, 3.63) is 26.3 Å². The minimum Gasteiger partial charge on any atom is -0.351 e. The Morgan fingerprint density at radius 1 is 1.62 bits per heavy atom. The molecule has 1 aromatic heterocycles. The predicted molar refractivity (Wildman–Crippen MR) is 73.2 cm³/mol. The molecule has 0 saturated heterocycles. The topological polar surface area (TPSA) is 46.9 Å². The standard InChI is InChI=1S/C9H10Br3N3O/c1-3-4-13-9(16)5(2)15-8(12)6(10)7(11)14-15/h3,5H,1,4H2,2H3,(H,13,16). The van der Waals surface area contributed by atoms with Crippen LogP contribution >= 0.6 is 47.8 Å². The van der Waals surface area contributed by atoms with Gasteiger partial charge in [0.2, 0.25) is 5.91 Å². The third-order valence-electron chi connectivity index (χ3n) is 1.93. The number of amides is 1. The van der Waals surface area contributed by atoms with Crippen LogP contribution in [0.1, 0.15) is 13.0 Å². The highest BCUT2D eigenvalue weighted by Crippen LogP contribution is 2.32. The molecule has 0 aliphatic heterocycles. The fourth-order valence-electron chi connectivity index (χ4n) is 1.06. The van der Waals surface area contributed by atoms with Gasteiger partial charge in [-0.25, -0.2) is 4.68 Å². The highest BCUT2D eigenvalue weighted by Gasteiger charge is 2.21. The zero-order valence-electron chi connectivity index (χ0n) is 8.51. The van der Waals surface area contributed by atoms with Crippen LogP contribution in [0.15, 0.2) is 26.3 Å². The molecule has 16 heavy (non-hydrogen) atoms. The lowest BCUT2D eigenvalue weighted by molar-refractivity contribution is -0.123. The van der Waals surface area contributed by atoms with Gasteiger partial charge in [0.1, 0.15) is 15.2 Å². The Hall–Kier alpha value is -0.140. The van der Waals surface area contributed by atoms with Crippen LogP contribution in [0.2, 0.25) is 0 Å². The fraction of sp³-hybridized carbons (Fsp3) is 0.333. The van der Waals surface area contributed by atoms with Gasteiger partial charge in [0.25, 0.3) is 0 Å². The van der Waals surface area contributed by atoms with E-state index in [4.69, 9.17) is 0 Å². The first-order valence-electron chi connectivity index (χ1n) is 4.46. The van der Waals surface area contributed by atoms with E-state index in [0.29, 0.717) is 11.1 Å². The van der Waals surface area contributed by atoms with Crippen LogP contribution in [-0.4, -0.2) is 22.2 Å². The maximum Gasteiger partial charge on any atom is 0.244 e. The Kier molecular flexibility index (Phi) is 5.20. The molecule has 0 radical (unpaired) electrons. The van der Waals surface area contributed by atoms with E-state index < -0.39 is 6.04 Å². The van der Waals surface area contributed by atoms with E-state index in [0.717, 1.165) is 9.08 Å². The highest BCUT2D eigenvalue weighted by molar-refractivity contribution is 9.14. The maximum absolute atomic E-state index is 11.7. The van der Waals surface area contributed by atoms with E-state index in [1.165, 1.54) is 0 Å². The van der Waals surface area contributed by atoms with Gasteiger partial charge in [-0.05, 0) is 54.7 Å². The van der Waals surface area contributed by atoms with E-state index in [1.54, 1.807) is 17.7 Å². The van der Waals surface area contributed by atoms with E-state index in [2.05, 4.69) is 64.8 Å². The normalized spacial score (nSPS) is 12.2. The molecule has 1 amide bonds. The monoisotopic (exact) mass is 413 g/mol. The van der Waals surface area contributed by atoms with Crippen LogP contribution < -0.4 is 5.32 Å². The average Bonchev–Trinajstić information content (AvgIpc) is 2.52. The van der Waals surface area contributed by atoms with Gasteiger partial charge in [0, 0.05) is 6.54 Å². The smallest absolute Gasteiger partial charge is 0.244 e. The first-order valence-corrected chi connectivity index (χ1v) is 6.84. The molecular weight excluding hydrogens is 406 g/mol. The number of halogens is 3. The molecule has 1 unspecified atom stereocenters. The molecule has 0 aliphatic rings. The molecule has 4 nitrogen and oxygen atoms in total. The lowest BCUT2D eigenvalue weighted by Gasteiger charge is -2.12. The Bertz CT molecular complexity index is 416. The largest absolute Gasteiger partial charge is 0.351 e. The number of hydrogen-bond acceptors (Lipinski definition) is 2. The van der Waals surface area contributed by atoms with Crippen molar-refractivity contribution in [3.63, 3.8) is 0 Å². The van der Waals surface area contributed by atoms with Crippen molar-refractivity contribution in [2.45, 2.75) is 13.0 Å². The summed E-state index contributed by atoms with van der Waals surface area (Å²) < 4.78 is 3.76. The molecule has 1 aromatic rings. The van der Waals surface area contributed by atoms with E-state index in [-0.39, 0.29) is 5.91 Å². The van der Waals surface area contributed by atoms with E-state index in [9.17, 15) is 4.79 Å². The van der Waals surface area contributed by atoms with Gasteiger partial charge >= 0.3 is 0 Å². The maximum atomic E-state index is 11.7. The van der Waals surface area contributed by atoms with Crippen molar-refractivity contribution in [2.24, 2.45) is 0 Å². The third kappa shape index (κ3) is 2.95. The summed E-state index contributed by atoms with van der Waals surface area (Å²) in [5.74, 6) is -0.108. The molecule has 7 heteroatoms. The molecule has 0 spiro atoms. The summed E-state index contributed by atoms with van der Waals surface area (Å²) in [6, 6.07) is -0.392. The van der Waals surface area contributed by atoms with Crippen LogP contribution in [-0.2, 0) is 4.79 Å². The second-order valence-corrected chi connectivity index (χ2v) is 5.35. The van der Waals surface area contributed by atoms with E-state index in [1.807, 2.05) is 0 Å². The first kappa shape index (κ1) is 13.9. The lowest BCUT2D eigenvalue weighted by atomic mass is 10.3. The molecule has 0 bridgehead atoms. The minimum atomic E-state index is -0.392. The summed E-state index contributed by atoms with van der Waals surface area (Å²) >= 11 is 9.99. The summed E-state index contributed by atoms with van der Waals surface area (Å²) in [6.45, 7) is 5.76. The zero-order chi connectivity index (χ0) is 12.3. The molecule has 0 aromatic carbocycles. The Morgan fingerprint density at radius 3 is 2.69 bits per heavy atom. The molecule has 1 N–H and O–H groups in total. The fourth-order valence-corrected chi connectivity index (χ4v) is 2.52. The number of rotatable bonds is 4. The lowest BCUT2D eigenvalue weighted by Crippen LogP contribution is -2.31. The average molecular weight is 416 g/mol. The van der Waals surface area contributed by atoms with Crippen molar-refractivity contribution in [2.75, 3.05) is 6.54 Å². The second-order valence-electron chi connectivity index (χ2n) is 3.05. The summed E-state index contributed by atoms with van der Waals surface area (Å²) in [4.78, 5) is 11.7. The molecule has 1 atom stereocenters. The molecule has 1 rings (SSSR count).